The van der Waals surface area contributed by atoms with E-state index in [0.29, 0.717) is 16.5 Å². The Labute approximate surface area is 177 Å². The standard InChI is InChI=1S/C21H28ClN3O3S/c1-13-18(9-15(22)10-20(13)28-3)14(2)24-19-11-17(25-8-7-16(23)12-25)5-6-21(19)29(4,26)27/h5-6,9-11,14,16,24H,7-8,12,23H2,1-4H3/t14?,16-/m0/s1. The van der Waals surface area contributed by atoms with Crippen molar-refractivity contribution in [2.24, 2.45) is 5.73 Å². The lowest BCUT2D eigenvalue weighted by molar-refractivity contribution is 0.411. The highest BCUT2D eigenvalue weighted by Crippen LogP contribution is 2.35. The Bertz CT molecular complexity index is 1010. The number of hydrogen-bond donors (Lipinski definition) is 2. The summed E-state index contributed by atoms with van der Waals surface area (Å²) < 4.78 is 30.1. The highest BCUT2D eigenvalue weighted by atomic mass is 35.5. The van der Waals surface area contributed by atoms with Gasteiger partial charge in [-0.05, 0) is 61.7 Å². The summed E-state index contributed by atoms with van der Waals surface area (Å²) in [7, 11) is -1.80. The molecule has 1 unspecified atom stereocenters. The van der Waals surface area contributed by atoms with Crippen LogP contribution in [0, 0.1) is 6.92 Å². The molecule has 3 rings (SSSR count). The van der Waals surface area contributed by atoms with E-state index >= 15 is 0 Å². The van der Waals surface area contributed by atoms with Crippen molar-refractivity contribution >= 4 is 32.8 Å². The van der Waals surface area contributed by atoms with Crippen LogP contribution in [0.15, 0.2) is 35.2 Å². The van der Waals surface area contributed by atoms with Gasteiger partial charge < -0.3 is 20.7 Å². The van der Waals surface area contributed by atoms with Crippen molar-refractivity contribution in [3.8, 4) is 5.75 Å². The second kappa shape index (κ2) is 8.42. The molecule has 8 heteroatoms. The predicted molar refractivity (Wildman–Crippen MR) is 119 cm³/mol. The fraction of sp³-hybridized carbons (Fsp3) is 0.429. The smallest absolute Gasteiger partial charge is 0.177 e. The van der Waals surface area contributed by atoms with Crippen molar-refractivity contribution in [1.29, 1.82) is 0 Å². The molecule has 6 nitrogen and oxygen atoms in total. The molecule has 3 N–H and O–H groups in total. The van der Waals surface area contributed by atoms with Gasteiger partial charge in [0.1, 0.15) is 5.75 Å². The van der Waals surface area contributed by atoms with E-state index in [2.05, 4.69) is 10.2 Å². The van der Waals surface area contributed by atoms with Crippen LogP contribution in [-0.2, 0) is 9.84 Å². The van der Waals surface area contributed by atoms with E-state index in [-0.39, 0.29) is 17.0 Å². The quantitative estimate of drug-likeness (QED) is 0.715. The number of nitrogens with zero attached hydrogens (tertiary/aromatic N) is 1. The number of benzene rings is 2. The van der Waals surface area contributed by atoms with Gasteiger partial charge in [0.15, 0.2) is 9.84 Å². The average molecular weight is 438 g/mol. The van der Waals surface area contributed by atoms with Gasteiger partial charge in [0.25, 0.3) is 0 Å². The first-order valence-electron chi connectivity index (χ1n) is 9.55. The van der Waals surface area contributed by atoms with Crippen LogP contribution in [0.4, 0.5) is 11.4 Å². The first kappa shape index (κ1) is 21.7. The van der Waals surface area contributed by atoms with Crippen LogP contribution < -0.4 is 20.7 Å². The second-order valence-corrected chi connectivity index (χ2v) is 10.1. The van der Waals surface area contributed by atoms with Gasteiger partial charge in [-0.25, -0.2) is 8.42 Å². The van der Waals surface area contributed by atoms with E-state index in [1.165, 1.54) is 6.26 Å². The molecule has 1 aliphatic rings. The molecule has 2 aromatic rings. The summed E-state index contributed by atoms with van der Waals surface area (Å²) in [5.74, 6) is 0.698. The second-order valence-electron chi connectivity index (χ2n) is 7.64. The third kappa shape index (κ3) is 4.79. The lowest BCUT2D eigenvalue weighted by Crippen LogP contribution is -2.26. The van der Waals surface area contributed by atoms with E-state index in [1.54, 1.807) is 19.2 Å². The summed E-state index contributed by atoms with van der Waals surface area (Å²) in [6, 6.07) is 9.00. The van der Waals surface area contributed by atoms with E-state index in [9.17, 15) is 8.42 Å². The van der Waals surface area contributed by atoms with E-state index in [0.717, 1.165) is 36.3 Å². The van der Waals surface area contributed by atoms with Crippen LogP contribution >= 0.6 is 11.6 Å². The number of sulfone groups is 1. The highest BCUT2D eigenvalue weighted by Gasteiger charge is 2.23. The number of ether oxygens (including phenoxy) is 1. The summed E-state index contributed by atoms with van der Waals surface area (Å²) in [5.41, 5.74) is 9.47. The van der Waals surface area contributed by atoms with Crippen molar-refractivity contribution in [2.45, 2.75) is 37.2 Å². The number of hydrogen-bond acceptors (Lipinski definition) is 6. The molecule has 1 heterocycles. The van der Waals surface area contributed by atoms with Crippen LogP contribution in [0.5, 0.6) is 5.75 Å². The Balaban J connectivity index is 1.99. The predicted octanol–water partition coefficient (Wildman–Crippen LogP) is 3.77. The lowest BCUT2D eigenvalue weighted by atomic mass is 10.0. The van der Waals surface area contributed by atoms with E-state index < -0.39 is 9.84 Å². The molecular weight excluding hydrogens is 410 g/mol. The molecule has 2 atom stereocenters. The van der Waals surface area contributed by atoms with Crippen LogP contribution in [0.2, 0.25) is 5.02 Å². The molecule has 0 spiro atoms. The van der Waals surface area contributed by atoms with Crippen molar-refractivity contribution in [3.63, 3.8) is 0 Å². The first-order valence-corrected chi connectivity index (χ1v) is 11.8. The van der Waals surface area contributed by atoms with Gasteiger partial charge in [-0.1, -0.05) is 11.6 Å². The Morgan fingerprint density at radius 1 is 1.31 bits per heavy atom. The van der Waals surface area contributed by atoms with Gasteiger partial charge in [-0.15, -0.1) is 0 Å². The molecule has 1 fully saturated rings. The number of anilines is 2. The number of nitrogens with one attached hydrogen (secondary N) is 1. The molecule has 0 radical (unpaired) electrons. The lowest BCUT2D eigenvalue weighted by Gasteiger charge is -2.24. The molecule has 1 saturated heterocycles. The first-order chi connectivity index (χ1) is 13.6. The third-order valence-corrected chi connectivity index (χ3v) is 6.75. The molecule has 2 aromatic carbocycles. The molecular formula is C21H28ClN3O3S. The highest BCUT2D eigenvalue weighted by molar-refractivity contribution is 7.90. The zero-order valence-corrected chi connectivity index (χ0v) is 18.8. The molecule has 0 saturated carbocycles. The SMILES string of the molecule is COc1cc(Cl)cc(C(C)Nc2cc(N3CC[C@H](N)C3)ccc2S(C)(=O)=O)c1C. The zero-order valence-electron chi connectivity index (χ0n) is 17.2. The Morgan fingerprint density at radius 3 is 2.62 bits per heavy atom. The van der Waals surface area contributed by atoms with Gasteiger partial charge in [0.2, 0.25) is 0 Å². The molecule has 0 aromatic heterocycles. The molecule has 1 aliphatic heterocycles. The van der Waals surface area contributed by atoms with Gasteiger partial charge in [-0.3, -0.25) is 0 Å². The van der Waals surface area contributed by atoms with Crippen LogP contribution in [0.3, 0.4) is 0 Å². The summed E-state index contributed by atoms with van der Waals surface area (Å²) in [6.07, 6.45) is 2.14. The summed E-state index contributed by atoms with van der Waals surface area (Å²) >= 11 is 6.25. The maximum absolute atomic E-state index is 12.4. The zero-order chi connectivity index (χ0) is 21.3. The summed E-state index contributed by atoms with van der Waals surface area (Å²) in [6.45, 7) is 5.56. The average Bonchev–Trinajstić information content (AvgIpc) is 3.08. The fourth-order valence-electron chi connectivity index (χ4n) is 3.82. The van der Waals surface area contributed by atoms with Gasteiger partial charge in [0, 0.05) is 42.1 Å². The minimum atomic E-state index is -3.40. The molecule has 0 bridgehead atoms. The molecule has 0 amide bonds. The Kier molecular flexibility index (Phi) is 6.31. The molecule has 29 heavy (non-hydrogen) atoms. The number of nitrogens with two attached hydrogens (primary N) is 1. The fourth-order valence-corrected chi connectivity index (χ4v) is 4.87. The largest absolute Gasteiger partial charge is 0.496 e. The summed E-state index contributed by atoms with van der Waals surface area (Å²) in [5, 5.41) is 3.95. The Morgan fingerprint density at radius 2 is 2.03 bits per heavy atom. The number of rotatable bonds is 6. The van der Waals surface area contributed by atoms with Gasteiger partial charge in [0.05, 0.1) is 17.7 Å². The van der Waals surface area contributed by atoms with Crippen LogP contribution in [0.1, 0.15) is 30.5 Å². The minimum Gasteiger partial charge on any atom is -0.496 e. The van der Waals surface area contributed by atoms with Crippen molar-refractivity contribution in [3.05, 3.63) is 46.5 Å². The van der Waals surface area contributed by atoms with Crippen molar-refractivity contribution in [2.75, 3.05) is 36.7 Å². The maximum atomic E-state index is 12.4. The van der Waals surface area contributed by atoms with E-state index in [1.807, 2.05) is 32.0 Å². The van der Waals surface area contributed by atoms with Crippen LogP contribution in [-0.4, -0.2) is 40.9 Å². The minimum absolute atomic E-state index is 0.140. The maximum Gasteiger partial charge on any atom is 0.177 e. The molecule has 0 aliphatic carbocycles. The van der Waals surface area contributed by atoms with Crippen molar-refractivity contribution in [1.82, 2.24) is 0 Å². The molecule has 158 valence electrons. The van der Waals surface area contributed by atoms with Crippen LogP contribution in [0.25, 0.3) is 0 Å². The summed E-state index contributed by atoms with van der Waals surface area (Å²) in [4.78, 5) is 2.45. The monoisotopic (exact) mass is 437 g/mol. The van der Waals surface area contributed by atoms with Gasteiger partial charge >= 0.3 is 0 Å². The topological polar surface area (TPSA) is 84.7 Å². The number of methoxy groups -OCH3 is 1. The third-order valence-electron chi connectivity index (χ3n) is 5.38. The van der Waals surface area contributed by atoms with Gasteiger partial charge in [-0.2, -0.15) is 0 Å². The Hall–Kier alpha value is -1.96. The normalized spacial score (nSPS) is 18.0. The van der Waals surface area contributed by atoms with E-state index in [4.69, 9.17) is 22.1 Å². The number of halogens is 1. The van der Waals surface area contributed by atoms with Crippen molar-refractivity contribution < 1.29 is 13.2 Å².